The third kappa shape index (κ3) is 11.5. The van der Waals surface area contributed by atoms with Gasteiger partial charge in [0.25, 0.3) is 11.8 Å². The number of benzene rings is 5. The molecule has 2 fully saturated rings. The standard InChI is InChI=1S/C54H51NO16/c1-32-33(2)48(58)55(47(32)57)41-42(56)43(39(67-53(41)63-3)30-64-29-34-19-9-4-10-20-34)70-54-46(69-52(62)38-27-17-8-18-28-38)45(68-51(61)37-25-15-7-16-26-37)44(71-54)40(66-50(60)36-23-13-6-14-24-36)31-65-49(59)35-21-11-5-12-22-35/h4-28,39-46,53-54,56H,29-31H2,1-3H3/t39-,40-,41-,42-,43-,44-,45+,46-,53-,54-/m1/s1. The largest absolute Gasteiger partial charge is 0.458 e. The van der Waals surface area contributed by atoms with Crippen LogP contribution in [0.25, 0.3) is 0 Å². The Labute approximate surface area is 408 Å². The van der Waals surface area contributed by atoms with Gasteiger partial charge in [-0.15, -0.1) is 0 Å². The number of rotatable bonds is 18. The summed E-state index contributed by atoms with van der Waals surface area (Å²) in [5.74, 6) is -4.92. The Morgan fingerprint density at radius 1 is 0.592 bits per heavy atom. The molecule has 0 bridgehead atoms. The maximum atomic E-state index is 14.2. The lowest BCUT2D eigenvalue weighted by Gasteiger charge is -2.47. The Balaban J connectivity index is 1.21. The van der Waals surface area contributed by atoms with Gasteiger partial charge < -0.3 is 47.7 Å². The fourth-order valence-corrected chi connectivity index (χ4v) is 8.38. The van der Waals surface area contributed by atoms with E-state index in [4.69, 9.17) is 42.6 Å². The first-order valence-corrected chi connectivity index (χ1v) is 22.8. The van der Waals surface area contributed by atoms with Gasteiger partial charge in [0.05, 0.1) is 35.5 Å². The normalized spacial score (nSPS) is 24.6. The number of esters is 4. The van der Waals surface area contributed by atoms with Gasteiger partial charge in [-0.3, -0.25) is 14.5 Å². The van der Waals surface area contributed by atoms with Crippen molar-refractivity contribution in [2.24, 2.45) is 0 Å². The monoisotopic (exact) mass is 969 g/mol. The summed E-state index contributed by atoms with van der Waals surface area (Å²) in [6.45, 7) is 2.09. The van der Waals surface area contributed by atoms with Gasteiger partial charge in [-0.05, 0) is 67.9 Å². The predicted molar refractivity (Wildman–Crippen MR) is 249 cm³/mol. The first-order valence-electron chi connectivity index (χ1n) is 22.8. The van der Waals surface area contributed by atoms with E-state index in [9.17, 15) is 33.9 Å². The van der Waals surface area contributed by atoms with Gasteiger partial charge in [0.1, 0.15) is 37.1 Å². The van der Waals surface area contributed by atoms with Crippen molar-refractivity contribution in [3.8, 4) is 0 Å². The Kier molecular flexibility index (Phi) is 16.2. The average molecular weight is 970 g/mol. The van der Waals surface area contributed by atoms with Gasteiger partial charge in [-0.25, -0.2) is 19.2 Å². The molecule has 0 spiro atoms. The minimum absolute atomic E-state index is 0.0761. The second-order valence-electron chi connectivity index (χ2n) is 16.8. The van der Waals surface area contributed by atoms with Crippen molar-refractivity contribution in [1.82, 2.24) is 4.90 Å². The molecule has 0 radical (unpaired) electrons. The molecule has 0 saturated carbocycles. The Morgan fingerprint density at radius 2 is 1.06 bits per heavy atom. The van der Waals surface area contributed by atoms with Crippen molar-refractivity contribution in [3.63, 3.8) is 0 Å². The molecule has 2 amide bonds. The number of hydrogen-bond acceptors (Lipinski definition) is 16. The zero-order valence-electron chi connectivity index (χ0n) is 38.8. The van der Waals surface area contributed by atoms with E-state index in [1.54, 1.807) is 72.8 Å². The zero-order chi connectivity index (χ0) is 50.0. The van der Waals surface area contributed by atoms with Gasteiger partial charge in [0.2, 0.25) is 0 Å². The lowest BCUT2D eigenvalue weighted by molar-refractivity contribution is -0.314. The van der Waals surface area contributed by atoms with Crippen LogP contribution in [0.5, 0.6) is 0 Å². The number of methoxy groups -OCH3 is 1. The maximum Gasteiger partial charge on any atom is 0.338 e. The number of amides is 2. The minimum Gasteiger partial charge on any atom is -0.458 e. The number of ether oxygens (including phenoxy) is 9. The van der Waals surface area contributed by atoms with Crippen LogP contribution in [0.15, 0.2) is 163 Å². The molecule has 3 heterocycles. The highest BCUT2D eigenvalue weighted by Gasteiger charge is 2.59. The molecule has 8 rings (SSSR count). The summed E-state index contributed by atoms with van der Waals surface area (Å²) in [4.78, 5) is 84.1. The summed E-state index contributed by atoms with van der Waals surface area (Å²) in [6, 6.07) is 39.3. The van der Waals surface area contributed by atoms with Gasteiger partial charge in [0, 0.05) is 18.3 Å². The topological polar surface area (TPSA) is 209 Å². The molecule has 1 N–H and O–H groups in total. The highest BCUT2D eigenvalue weighted by atomic mass is 16.8. The summed E-state index contributed by atoms with van der Waals surface area (Å²) in [7, 11) is 1.28. The maximum absolute atomic E-state index is 14.2. The molecule has 0 unspecified atom stereocenters. The van der Waals surface area contributed by atoms with Crippen LogP contribution in [0.2, 0.25) is 0 Å². The molecular weight excluding hydrogens is 919 g/mol. The van der Waals surface area contributed by atoms with Crippen molar-refractivity contribution < 1.29 is 76.5 Å². The second kappa shape index (κ2) is 23.0. The SMILES string of the molecule is CO[C@@H]1O[C@H](COCc2ccccc2)[C@@H](O[C@@H]2O[C@H]([C@@H](COC(=O)c3ccccc3)OC(=O)c3ccccc3)[C@H](OC(=O)c3ccccc3)[C@H]2OC(=O)c2ccccc2)[C@H](O)[C@H]1N1C(=O)C(C)=C(C)C1=O. The molecule has 2 saturated heterocycles. The highest BCUT2D eigenvalue weighted by molar-refractivity contribution is 6.19. The molecule has 368 valence electrons. The van der Waals surface area contributed by atoms with Gasteiger partial charge in [-0.2, -0.15) is 0 Å². The second-order valence-corrected chi connectivity index (χ2v) is 16.8. The first-order chi connectivity index (χ1) is 34.4. The summed E-state index contributed by atoms with van der Waals surface area (Å²) < 4.78 is 55.7. The van der Waals surface area contributed by atoms with Crippen molar-refractivity contribution in [2.45, 2.75) is 81.8 Å². The van der Waals surface area contributed by atoms with Crippen molar-refractivity contribution in [2.75, 3.05) is 20.3 Å². The molecule has 17 nitrogen and oxygen atoms in total. The molecule has 0 aromatic heterocycles. The van der Waals surface area contributed by atoms with Gasteiger partial charge in [-0.1, -0.05) is 103 Å². The molecule has 10 atom stereocenters. The van der Waals surface area contributed by atoms with E-state index in [1.165, 1.54) is 69.5 Å². The fourth-order valence-electron chi connectivity index (χ4n) is 8.38. The van der Waals surface area contributed by atoms with Gasteiger partial charge in [0.15, 0.2) is 30.9 Å². The van der Waals surface area contributed by atoms with Crippen LogP contribution >= 0.6 is 0 Å². The summed E-state index contributed by atoms with van der Waals surface area (Å²) in [5.41, 5.74) is 1.52. The molecule has 3 aliphatic rings. The van der Waals surface area contributed by atoms with E-state index >= 15 is 0 Å². The van der Waals surface area contributed by atoms with Crippen LogP contribution in [0.3, 0.4) is 0 Å². The van der Waals surface area contributed by atoms with E-state index in [0.29, 0.717) is 0 Å². The molecule has 5 aromatic rings. The number of imide groups is 1. The quantitative estimate of drug-likeness (QED) is 0.0639. The number of carbonyl (C=O) groups is 6. The summed E-state index contributed by atoms with van der Waals surface area (Å²) >= 11 is 0. The minimum atomic E-state index is -1.84. The molecule has 17 heteroatoms. The Morgan fingerprint density at radius 3 is 1.56 bits per heavy atom. The van der Waals surface area contributed by atoms with Crippen LogP contribution < -0.4 is 0 Å². The van der Waals surface area contributed by atoms with Gasteiger partial charge >= 0.3 is 23.9 Å². The zero-order valence-corrected chi connectivity index (χ0v) is 38.8. The smallest absolute Gasteiger partial charge is 0.338 e. The molecule has 71 heavy (non-hydrogen) atoms. The fraction of sp³-hybridized carbons (Fsp3) is 0.296. The predicted octanol–water partition coefficient (Wildman–Crippen LogP) is 5.65. The number of hydrogen-bond donors (Lipinski definition) is 1. The Hall–Kier alpha value is -7.38. The summed E-state index contributed by atoms with van der Waals surface area (Å²) in [6.07, 6.45) is -14.6. The molecule has 0 aliphatic carbocycles. The third-order valence-corrected chi connectivity index (χ3v) is 12.2. The van der Waals surface area contributed by atoms with Crippen LogP contribution in [-0.2, 0) is 58.8 Å². The molecule has 5 aromatic carbocycles. The van der Waals surface area contributed by atoms with Crippen LogP contribution in [-0.4, -0.2) is 127 Å². The number of nitrogens with zero attached hydrogens (tertiary/aromatic N) is 1. The van der Waals surface area contributed by atoms with E-state index in [1.807, 2.05) is 30.3 Å². The van der Waals surface area contributed by atoms with E-state index in [0.717, 1.165) is 10.5 Å². The van der Waals surface area contributed by atoms with Crippen molar-refractivity contribution >= 4 is 35.7 Å². The lowest BCUT2D eigenvalue weighted by Crippen LogP contribution is -2.67. The number of carbonyl (C=O) groups excluding carboxylic acids is 6. The van der Waals surface area contributed by atoms with Crippen LogP contribution in [0.4, 0.5) is 0 Å². The third-order valence-electron chi connectivity index (χ3n) is 12.2. The average Bonchev–Trinajstić information content (AvgIpc) is 3.82. The Bertz CT molecular complexity index is 2660. The summed E-state index contributed by atoms with van der Waals surface area (Å²) in [5, 5.41) is 12.5. The first kappa shape index (κ1) is 50.0. The van der Waals surface area contributed by atoms with Crippen LogP contribution in [0.1, 0.15) is 60.8 Å². The van der Waals surface area contributed by atoms with E-state index in [2.05, 4.69) is 0 Å². The van der Waals surface area contributed by atoms with E-state index < -0.39 is 104 Å². The van der Waals surface area contributed by atoms with Crippen molar-refractivity contribution in [3.05, 3.63) is 191 Å². The lowest BCUT2D eigenvalue weighted by atomic mass is 9.95. The van der Waals surface area contributed by atoms with Crippen molar-refractivity contribution in [1.29, 1.82) is 0 Å². The number of aliphatic hydroxyl groups excluding tert-OH is 1. The van der Waals surface area contributed by atoms with E-state index in [-0.39, 0.29) is 46.6 Å². The molecule has 3 aliphatic heterocycles. The highest BCUT2D eigenvalue weighted by Crippen LogP contribution is 2.38. The number of aliphatic hydroxyl groups is 1. The van der Waals surface area contributed by atoms with Crippen LogP contribution in [0, 0.1) is 0 Å². The molecular formula is C54H51NO16.